The van der Waals surface area contributed by atoms with Crippen LogP contribution in [0.5, 0.6) is 0 Å². The summed E-state index contributed by atoms with van der Waals surface area (Å²) in [6.45, 7) is 11.9. The number of nitrogens with zero attached hydrogens (tertiary/aromatic N) is 3. The highest BCUT2D eigenvalue weighted by Gasteiger charge is 2.37. The molecule has 55 heavy (non-hydrogen) atoms. The fourth-order valence-electron chi connectivity index (χ4n) is 7.50. The van der Waals surface area contributed by atoms with Crippen LogP contribution in [0.2, 0.25) is 0 Å². The number of aromatic nitrogens is 3. The summed E-state index contributed by atoms with van der Waals surface area (Å²) in [4.78, 5) is 15.3. The van der Waals surface area contributed by atoms with E-state index in [1.165, 1.54) is 42.4 Å². The molecule has 9 rings (SSSR count). The normalized spacial score (nSPS) is 13.6. The molecule has 1 radical (unpaired) electrons. The Labute approximate surface area is 327 Å². The van der Waals surface area contributed by atoms with Gasteiger partial charge in [0, 0.05) is 42.3 Å². The zero-order chi connectivity index (χ0) is 38.1. The lowest BCUT2D eigenvalue weighted by Crippen LogP contribution is -2.49. The Kier molecular flexibility index (Phi) is 8.39. The van der Waals surface area contributed by atoms with Crippen LogP contribution in [-0.2, 0) is 10.1 Å². The Balaban J connectivity index is 1.19. The summed E-state index contributed by atoms with van der Waals surface area (Å²) in [7, 11) is 1.77. The Morgan fingerprint density at radius 1 is 0.545 bits per heavy atom. The molecule has 0 aliphatic heterocycles. The van der Waals surface area contributed by atoms with Gasteiger partial charge in [-0.2, -0.15) is 0 Å². The van der Waals surface area contributed by atoms with Gasteiger partial charge in [-0.1, -0.05) is 123 Å². The summed E-state index contributed by atoms with van der Waals surface area (Å²) in [6.07, 6.45) is 0. The Bertz CT molecular complexity index is 2770. The maximum Gasteiger partial charge on any atom is 0.331 e. The first-order valence-corrected chi connectivity index (χ1v) is 19.5. The van der Waals surface area contributed by atoms with E-state index in [1.54, 1.807) is 32.7 Å². The molecule has 1 aliphatic rings. The highest BCUT2D eigenvalue weighted by Crippen LogP contribution is 2.49. The molecule has 7 heteroatoms. The summed E-state index contributed by atoms with van der Waals surface area (Å²) in [6, 6.07) is 46.8. The van der Waals surface area contributed by atoms with Crippen LogP contribution in [0.3, 0.4) is 0 Å². The molecule has 2 heterocycles. The largest absolute Gasteiger partial charge is 0.427 e. The Morgan fingerprint density at radius 2 is 1.13 bits per heavy atom. The molecular formula is C48H41BN3O2S. The predicted octanol–water partition coefficient (Wildman–Crippen LogP) is 11.0. The molecule has 6 aromatic carbocycles. The van der Waals surface area contributed by atoms with E-state index in [-0.39, 0.29) is 5.41 Å². The molecule has 1 aliphatic carbocycles. The zero-order valence-corrected chi connectivity index (χ0v) is 32.7. The maximum atomic E-state index is 11.0. The molecule has 0 fully saturated rings. The van der Waals surface area contributed by atoms with Gasteiger partial charge in [0.2, 0.25) is 0 Å². The average molecular weight is 735 g/mol. The van der Waals surface area contributed by atoms with Crippen LogP contribution in [0.15, 0.2) is 133 Å². The highest BCUT2D eigenvalue weighted by molar-refractivity contribution is 7.25. The Hall–Kier alpha value is -5.47. The van der Waals surface area contributed by atoms with E-state index >= 15 is 0 Å². The van der Waals surface area contributed by atoms with E-state index < -0.39 is 11.2 Å². The number of thiophene rings is 1. The molecule has 269 valence electrons. The molecule has 0 bridgehead atoms. The van der Waals surface area contributed by atoms with Crippen molar-refractivity contribution >= 4 is 44.5 Å². The minimum Gasteiger partial charge on any atom is -0.427 e. The van der Waals surface area contributed by atoms with E-state index in [2.05, 4.69) is 117 Å². The summed E-state index contributed by atoms with van der Waals surface area (Å²) in [5.41, 5.74) is 8.62. The minimum atomic E-state index is -1.09. The topological polar surface area (TPSA) is 68.1 Å². The van der Waals surface area contributed by atoms with Crippen molar-refractivity contribution in [3.8, 4) is 56.4 Å². The average Bonchev–Trinajstić information content (AvgIpc) is 3.68. The smallest absolute Gasteiger partial charge is 0.331 e. The van der Waals surface area contributed by atoms with E-state index in [1.807, 2.05) is 44.2 Å². The lowest BCUT2D eigenvalue weighted by Gasteiger charge is -2.37. The molecule has 2 aromatic heterocycles. The molecule has 0 unspecified atom stereocenters. The van der Waals surface area contributed by atoms with E-state index in [9.17, 15) is 5.11 Å². The van der Waals surface area contributed by atoms with Gasteiger partial charge in [-0.05, 0) is 90.8 Å². The first-order valence-electron chi connectivity index (χ1n) is 18.7. The zero-order valence-electron chi connectivity index (χ0n) is 31.9. The lowest BCUT2D eigenvalue weighted by molar-refractivity contribution is -0.0893. The van der Waals surface area contributed by atoms with Crippen molar-refractivity contribution in [2.45, 2.75) is 58.2 Å². The SMILES string of the molecule is CC1(C)c2ccccc2-c2ccc(-c3nc(-c4ccccc4)nc(-c4ccc(-c5ccc6sc7ccccc7c6c5)c([B]OC(C)(C)C(C)(C)O)c4)n3)cc21. The number of fused-ring (bicyclic) bond motifs is 6. The number of rotatable bonds is 8. The molecule has 0 saturated carbocycles. The molecule has 0 saturated heterocycles. The van der Waals surface area contributed by atoms with Crippen molar-refractivity contribution in [1.82, 2.24) is 15.0 Å². The van der Waals surface area contributed by atoms with Crippen molar-refractivity contribution in [1.29, 1.82) is 0 Å². The second-order valence-electron chi connectivity index (χ2n) is 16.0. The van der Waals surface area contributed by atoms with E-state index in [0.717, 1.165) is 33.3 Å². The van der Waals surface area contributed by atoms with Gasteiger partial charge in [-0.25, -0.2) is 15.0 Å². The molecule has 0 spiro atoms. The van der Waals surface area contributed by atoms with Gasteiger partial charge >= 0.3 is 7.48 Å². The number of hydrogen-bond acceptors (Lipinski definition) is 6. The third-order valence-electron chi connectivity index (χ3n) is 11.5. The fourth-order valence-corrected chi connectivity index (χ4v) is 8.59. The van der Waals surface area contributed by atoms with Gasteiger partial charge in [-0.15, -0.1) is 11.3 Å². The van der Waals surface area contributed by atoms with E-state index in [0.29, 0.717) is 17.5 Å². The van der Waals surface area contributed by atoms with Gasteiger partial charge in [0.15, 0.2) is 17.5 Å². The van der Waals surface area contributed by atoms with Crippen LogP contribution >= 0.6 is 11.3 Å². The van der Waals surface area contributed by atoms with Gasteiger partial charge < -0.3 is 9.76 Å². The van der Waals surface area contributed by atoms with Gasteiger partial charge in [0.05, 0.1) is 11.2 Å². The second kappa shape index (κ2) is 13.1. The van der Waals surface area contributed by atoms with Crippen LogP contribution < -0.4 is 5.46 Å². The molecule has 5 nitrogen and oxygen atoms in total. The Morgan fingerprint density at radius 3 is 1.87 bits per heavy atom. The quantitative estimate of drug-likeness (QED) is 0.157. The summed E-state index contributed by atoms with van der Waals surface area (Å²) >= 11 is 1.81. The number of hydrogen-bond donors (Lipinski definition) is 1. The third-order valence-corrected chi connectivity index (χ3v) is 12.6. The summed E-state index contributed by atoms with van der Waals surface area (Å²) in [5, 5.41) is 13.5. The third kappa shape index (κ3) is 6.17. The van der Waals surface area contributed by atoms with Crippen molar-refractivity contribution in [3.63, 3.8) is 0 Å². The van der Waals surface area contributed by atoms with Crippen molar-refractivity contribution in [3.05, 3.63) is 145 Å². The molecule has 0 amide bonds. The van der Waals surface area contributed by atoms with Crippen LogP contribution in [0.4, 0.5) is 0 Å². The lowest BCUT2D eigenvalue weighted by atomic mass is 9.78. The highest BCUT2D eigenvalue weighted by atomic mass is 32.1. The summed E-state index contributed by atoms with van der Waals surface area (Å²) < 4.78 is 8.94. The standard InChI is InChI=1S/C48H41BN3O2S/c1-46(2)38-18-12-10-16-34(38)35-24-21-31(27-39(35)46)44-50-43(29-14-8-7-9-15-29)51-45(52-44)32-20-23-33(40(28-32)49-54-48(5,6)47(3,4)53)30-22-25-42-37(26-30)36-17-11-13-19-41(36)55-42/h7-28,53H,1-6H3. The minimum absolute atomic E-state index is 0.157. The predicted molar refractivity (Wildman–Crippen MR) is 229 cm³/mol. The van der Waals surface area contributed by atoms with E-state index in [4.69, 9.17) is 19.6 Å². The maximum absolute atomic E-state index is 11.0. The van der Waals surface area contributed by atoms with Gasteiger partial charge in [0.1, 0.15) is 0 Å². The second-order valence-corrected chi connectivity index (χ2v) is 17.1. The van der Waals surface area contributed by atoms with Crippen molar-refractivity contribution < 1.29 is 9.76 Å². The molecule has 8 aromatic rings. The molecule has 1 N–H and O–H groups in total. The van der Waals surface area contributed by atoms with Crippen LogP contribution in [0.1, 0.15) is 52.7 Å². The van der Waals surface area contributed by atoms with Gasteiger partial charge in [-0.3, -0.25) is 0 Å². The van der Waals surface area contributed by atoms with Crippen LogP contribution in [0.25, 0.3) is 76.6 Å². The van der Waals surface area contributed by atoms with Crippen LogP contribution in [0, 0.1) is 0 Å². The fraction of sp³-hybridized carbons (Fsp3) is 0.188. The summed E-state index contributed by atoms with van der Waals surface area (Å²) in [5.74, 6) is 1.78. The molecule has 0 atom stereocenters. The monoisotopic (exact) mass is 734 g/mol. The number of aliphatic hydroxyl groups is 1. The van der Waals surface area contributed by atoms with Gasteiger partial charge in [0.25, 0.3) is 0 Å². The number of benzene rings is 6. The first kappa shape index (κ1) is 35.2. The van der Waals surface area contributed by atoms with Crippen LogP contribution in [-0.4, -0.2) is 38.7 Å². The van der Waals surface area contributed by atoms with Crippen molar-refractivity contribution in [2.24, 2.45) is 0 Å². The molecular weight excluding hydrogens is 693 g/mol. The first-order chi connectivity index (χ1) is 26.4. The van der Waals surface area contributed by atoms with Crippen molar-refractivity contribution in [2.75, 3.05) is 0 Å².